The average Bonchev–Trinajstić information content (AvgIpc) is 2.18. The molecule has 2 heteroatoms. The van der Waals surface area contributed by atoms with Crippen molar-refractivity contribution >= 4 is 15.9 Å². The first-order valence-electron chi connectivity index (χ1n) is 5.11. The van der Waals surface area contributed by atoms with E-state index in [9.17, 15) is 0 Å². The number of aryl methyl sites for hydroxylation is 1. The minimum absolute atomic E-state index is 0.616. The molecule has 0 fully saturated rings. The fourth-order valence-corrected chi connectivity index (χ4v) is 1.81. The number of hydrogen-bond donors (Lipinski definition) is 1. The fourth-order valence-electron chi connectivity index (χ4n) is 1.57. The highest BCUT2D eigenvalue weighted by Gasteiger charge is 2.05. The summed E-state index contributed by atoms with van der Waals surface area (Å²) in [4.78, 5) is 0. The van der Waals surface area contributed by atoms with Gasteiger partial charge < -0.3 is 5.73 Å². The van der Waals surface area contributed by atoms with Gasteiger partial charge in [0, 0.05) is 4.47 Å². The van der Waals surface area contributed by atoms with Gasteiger partial charge in [0.05, 0.1) is 0 Å². The van der Waals surface area contributed by atoms with Crippen LogP contribution in [0.5, 0.6) is 0 Å². The lowest BCUT2D eigenvalue weighted by Gasteiger charge is -2.12. The van der Waals surface area contributed by atoms with Gasteiger partial charge >= 0.3 is 0 Å². The topological polar surface area (TPSA) is 26.0 Å². The number of hydrogen-bond acceptors (Lipinski definition) is 1. The van der Waals surface area contributed by atoms with Crippen molar-refractivity contribution in [1.82, 2.24) is 0 Å². The molecule has 1 atom stereocenters. The first-order valence-corrected chi connectivity index (χ1v) is 5.90. The average molecular weight is 256 g/mol. The van der Waals surface area contributed by atoms with Gasteiger partial charge in [0.2, 0.25) is 0 Å². The molecule has 0 radical (unpaired) electrons. The van der Waals surface area contributed by atoms with Crippen LogP contribution in [-0.2, 0) is 0 Å². The van der Waals surface area contributed by atoms with Gasteiger partial charge in [-0.2, -0.15) is 0 Å². The molecule has 0 aliphatic heterocycles. The van der Waals surface area contributed by atoms with Crippen molar-refractivity contribution in [3.8, 4) is 0 Å². The molecule has 0 heterocycles. The summed E-state index contributed by atoms with van der Waals surface area (Å²) in [6, 6.07) is 6.58. The minimum atomic E-state index is 0.616. The maximum absolute atomic E-state index is 5.50. The Balaban J connectivity index is 2.70. The van der Waals surface area contributed by atoms with Crippen molar-refractivity contribution in [1.29, 1.82) is 0 Å². The molecule has 1 aromatic carbocycles. The first-order chi connectivity index (χ1) is 6.65. The van der Waals surface area contributed by atoms with Crippen LogP contribution in [0.15, 0.2) is 22.7 Å². The highest BCUT2D eigenvalue weighted by Crippen LogP contribution is 2.24. The van der Waals surface area contributed by atoms with Crippen molar-refractivity contribution in [2.24, 2.45) is 5.73 Å². The third-order valence-electron chi connectivity index (χ3n) is 2.59. The Morgan fingerprint density at radius 1 is 1.43 bits per heavy atom. The molecule has 0 aromatic heterocycles. The van der Waals surface area contributed by atoms with E-state index in [0.29, 0.717) is 5.92 Å². The Labute approximate surface area is 94.8 Å². The smallest absolute Gasteiger partial charge is 0.0204 e. The maximum Gasteiger partial charge on any atom is 0.0204 e. The molecule has 1 nitrogen and oxygen atoms in total. The molecule has 0 saturated heterocycles. The Kier molecular flexibility index (Phi) is 4.63. The molecule has 0 amide bonds. The van der Waals surface area contributed by atoms with Gasteiger partial charge in [0.1, 0.15) is 0 Å². The summed E-state index contributed by atoms with van der Waals surface area (Å²) in [5.74, 6) is 0.616. The molecule has 2 N–H and O–H groups in total. The molecule has 78 valence electrons. The van der Waals surface area contributed by atoms with Crippen LogP contribution in [0.3, 0.4) is 0 Å². The van der Waals surface area contributed by atoms with Crippen LogP contribution < -0.4 is 5.73 Å². The summed E-state index contributed by atoms with van der Waals surface area (Å²) in [7, 11) is 0. The van der Waals surface area contributed by atoms with Gasteiger partial charge in [-0.1, -0.05) is 35.0 Å². The van der Waals surface area contributed by atoms with Crippen molar-refractivity contribution < 1.29 is 0 Å². The second-order valence-electron chi connectivity index (χ2n) is 3.84. The standard InChI is InChI=1S/C12H18BrN/c1-9(4-3-7-14)11-5-6-12(13)10(2)8-11/h5-6,8-9H,3-4,7,14H2,1-2H3. The molecule has 0 aliphatic carbocycles. The summed E-state index contributed by atoms with van der Waals surface area (Å²) in [6.07, 6.45) is 2.29. The van der Waals surface area contributed by atoms with E-state index in [1.54, 1.807) is 0 Å². The highest BCUT2D eigenvalue weighted by atomic mass is 79.9. The number of benzene rings is 1. The lowest BCUT2D eigenvalue weighted by atomic mass is 9.95. The minimum Gasteiger partial charge on any atom is -0.330 e. The highest BCUT2D eigenvalue weighted by molar-refractivity contribution is 9.10. The molecule has 1 unspecified atom stereocenters. The number of rotatable bonds is 4. The normalized spacial score (nSPS) is 12.9. The van der Waals surface area contributed by atoms with E-state index in [1.165, 1.54) is 22.0 Å². The van der Waals surface area contributed by atoms with Gasteiger partial charge in [-0.25, -0.2) is 0 Å². The van der Waals surface area contributed by atoms with Gasteiger partial charge in [0.25, 0.3) is 0 Å². The van der Waals surface area contributed by atoms with Crippen LogP contribution in [0.25, 0.3) is 0 Å². The lowest BCUT2D eigenvalue weighted by Crippen LogP contribution is -2.02. The van der Waals surface area contributed by atoms with Crippen LogP contribution in [0, 0.1) is 6.92 Å². The zero-order valence-corrected chi connectivity index (χ0v) is 10.5. The van der Waals surface area contributed by atoms with Crippen LogP contribution >= 0.6 is 15.9 Å². The fraction of sp³-hybridized carbons (Fsp3) is 0.500. The first kappa shape index (κ1) is 11.7. The Morgan fingerprint density at radius 2 is 2.14 bits per heavy atom. The lowest BCUT2D eigenvalue weighted by molar-refractivity contribution is 0.640. The van der Waals surface area contributed by atoms with Crippen LogP contribution in [0.1, 0.15) is 36.8 Å². The molecule has 1 rings (SSSR count). The van der Waals surface area contributed by atoms with Crippen LogP contribution in [0.4, 0.5) is 0 Å². The molecule has 14 heavy (non-hydrogen) atoms. The van der Waals surface area contributed by atoms with Crippen LogP contribution in [-0.4, -0.2) is 6.54 Å². The van der Waals surface area contributed by atoms with E-state index in [0.717, 1.165) is 13.0 Å². The van der Waals surface area contributed by atoms with Gasteiger partial charge in [-0.3, -0.25) is 0 Å². The quantitative estimate of drug-likeness (QED) is 0.875. The SMILES string of the molecule is Cc1cc(C(C)CCCN)ccc1Br. The Bertz CT molecular complexity index is 296. The summed E-state index contributed by atoms with van der Waals surface area (Å²) in [5, 5.41) is 0. The van der Waals surface area contributed by atoms with E-state index >= 15 is 0 Å². The molecule has 0 spiro atoms. The van der Waals surface area contributed by atoms with E-state index in [-0.39, 0.29) is 0 Å². The molecule has 1 aromatic rings. The van der Waals surface area contributed by atoms with E-state index < -0.39 is 0 Å². The molecule has 0 saturated carbocycles. The molecule has 0 aliphatic rings. The van der Waals surface area contributed by atoms with Gasteiger partial charge in [-0.15, -0.1) is 0 Å². The summed E-state index contributed by atoms with van der Waals surface area (Å²) < 4.78 is 1.19. The van der Waals surface area contributed by atoms with E-state index in [1.807, 2.05) is 0 Å². The third kappa shape index (κ3) is 3.10. The van der Waals surface area contributed by atoms with E-state index in [4.69, 9.17) is 5.73 Å². The molecular formula is C12H18BrN. The number of halogens is 1. The summed E-state index contributed by atoms with van der Waals surface area (Å²) in [5.41, 5.74) is 8.22. The van der Waals surface area contributed by atoms with Crippen LogP contribution in [0.2, 0.25) is 0 Å². The summed E-state index contributed by atoms with van der Waals surface area (Å²) >= 11 is 3.51. The van der Waals surface area contributed by atoms with E-state index in [2.05, 4.69) is 48.0 Å². The third-order valence-corrected chi connectivity index (χ3v) is 3.48. The van der Waals surface area contributed by atoms with Gasteiger partial charge in [-0.05, 0) is 49.4 Å². The predicted octanol–water partition coefficient (Wildman–Crippen LogP) is 3.60. The zero-order valence-electron chi connectivity index (χ0n) is 8.89. The van der Waals surface area contributed by atoms with Crippen molar-refractivity contribution in [2.75, 3.05) is 6.54 Å². The second kappa shape index (κ2) is 5.52. The molecule has 0 bridgehead atoms. The Hall–Kier alpha value is -0.340. The largest absolute Gasteiger partial charge is 0.330 e. The summed E-state index contributed by atoms with van der Waals surface area (Å²) in [6.45, 7) is 5.18. The van der Waals surface area contributed by atoms with Crippen molar-refractivity contribution in [2.45, 2.75) is 32.6 Å². The Morgan fingerprint density at radius 3 is 2.71 bits per heavy atom. The second-order valence-corrected chi connectivity index (χ2v) is 4.69. The van der Waals surface area contributed by atoms with Crippen molar-refractivity contribution in [3.63, 3.8) is 0 Å². The molecular weight excluding hydrogens is 238 g/mol. The predicted molar refractivity (Wildman–Crippen MR) is 65.6 cm³/mol. The maximum atomic E-state index is 5.50. The zero-order chi connectivity index (χ0) is 10.6. The monoisotopic (exact) mass is 255 g/mol. The number of nitrogens with two attached hydrogens (primary N) is 1. The van der Waals surface area contributed by atoms with Crippen molar-refractivity contribution in [3.05, 3.63) is 33.8 Å². The van der Waals surface area contributed by atoms with Gasteiger partial charge in [0.15, 0.2) is 0 Å².